The number of carbonyl (C=O) groups excluding carboxylic acids is 1. The first kappa shape index (κ1) is 15.4. The Morgan fingerprint density at radius 2 is 1.84 bits per heavy atom. The SMILES string of the molecule is Cc1cccc2nc(C(=O)NC(C)c3ccc4ccccc4c3)cn12. The fraction of sp³-hybridized carbons (Fsp3) is 0.143. The topological polar surface area (TPSA) is 46.4 Å². The summed E-state index contributed by atoms with van der Waals surface area (Å²) < 4.78 is 1.93. The van der Waals surface area contributed by atoms with Crippen molar-refractivity contribution in [2.24, 2.45) is 0 Å². The van der Waals surface area contributed by atoms with Crippen molar-refractivity contribution >= 4 is 22.3 Å². The van der Waals surface area contributed by atoms with E-state index < -0.39 is 0 Å². The van der Waals surface area contributed by atoms with Crippen molar-refractivity contribution in [1.29, 1.82) is 0 Å². The molecule has 4 heteroatoms. The molecule has 0 saturated heterocycles. The summed E-state index contributed by atoms with van der Waals surface area (Å²) >= 11 is 0. The predicted octanol–water partition coefficient (Wildman–Crippen LogP) is 4.29. The molecule has 4 aromatic rings. The van der Waals surface area contributed by atoms with Gasteiger partial charge in [0.2, 0.25) is 0 Å². The third kappa shape index (κ3) is 2.87. The number of imidazole rings is 1. The lowest BCUT2D eigenvalue weighted by atomic mass is 10.0. The van der Waals surface area contributed by atoms with Crippen LogP contribution in [0.5, 0.6) is 0 Å². The van der Waals surface area contributed by atoms with Gasteiger partial charge in [-0.25, -0.2) is 4.98 Å². The largest absolute Gasteiger partial charge is 0.344 e. The number of aromatic nitrogens is 2. The van der Waals surface area contributed by atoms with E-state index in [1.807, 2.05) is 48.6 Å². The van der Waals surface area contributed by atoms with Gasteiger partial charge in [-0.15, -0.1) is 0 Å². The summed E-state index contributed by atoms with van der Waals surface area (Å²) in [6.45, 7) is 3.98. The van der Waals surface area contributed by atoms with Crippen LogP contribution >= 0.6 is 0 Å². The van der Waals surface area contributed by atoms with Crippen LogP contribution in [0.25, 0.3) is 16.4 Å². The maximum Gasteiger partial charge on any atom is 0.271 e. The summed E-state index contributed by atoms with van der Waals surface area (Å²) in [4.78, 5) is 17.0. The standard InChI is InChI=1S/C21H19N3O/c1-14-6-5-9-20-23-19(13-24(14)20)21(25)22-15(2)17-11-10-16-7-3-4-8-18(16)12-17/h3-13,15H,1-2H3,(H,22,25). The number of aryl methyl sites for hydroxylation is 1. The van der Waals surface area contributed by atoms with E-state index in [4.69, 9.17) is 0 Å². The summed E-state index contributed by atoms with van der Waals surface area (Å²) in [5, 5.41) is 5.41. The maximum absolute atomic E-state index is 12.6. The molecule has 25 heavy (non-hydrogen) atoms. The minimum atomic E-state index is -0.163. The number of nitrogens with one attached hydrogen (secondary N) is 1. The lowest BCUT2D eigenvalue weighted by molar-refractivity contribution is 0.0935. The molecule has 2 heterocycles. The smallest absolute Gasteiger partial charge is 0.271 e. The Bertz CT molecular complexity index is 1080. The molecule has 0 aliphatic rings. The quantitative estimate of drug-likeness (QED) is 0.609. The molecule has 0 aliphatic carbocycles. The van der Waals surface area contributed by atoms with Gasteiger partial charge >= 0.3 is 0 Å². The fourth-order valence-corrected chi connectivity index (χ4v) is 3.09. The van der Waals surface area contributed by atoms with Gasteiger partial charge in [-0.3, -0.25) is 4.79 Å². The third-order valence-corrected chi connectivity index (χ3v) is 4.55. The van der Waals surface area contributed by atoms with Crippen LogP contribution in [0, 0.1) is 6.92 Å². The summed E-state index contributed by atoms with van der Waals surface area (Å²) in [6, 6.07) is 20.2. The van der Waals surface area contributed by atoms with Gasteiger partial charge in [0.25, 0.3) is 5.91 Å². The van der Waals surface area contributed by atoms with Crippen LogP contribution in [0.3, 0.4) is 0 Å². The van der Waals surface area contributed by atoms with Crippen molar-refractivity contribution < 1.29 is 4.79 Å². The molecule has 0 saturated carbocycles. The number of pyridine rings is 1. The number of rotatable bonds is 3. The summed E-state index contributed by atoms with van der Waals surface area (Å²) in [7, 11) is 0. The lowest BCUT2D eigenvalue weighted by Crippen LogP contribution is -2.26. The Labute approximate surface area is 146 Å². The number of amides is 1. The normalized spacial score (nSPS) is 12.4. The third-order valence-electron chi connectivity index (χ3n) is 4.55. The molecule has 2 aromatic heterocycles. The highest BCUT2D eigenvalue weighted by molar-refractivity contribution is 5.93. The van der Waals surface area contributed by atoms with Crippen LogP contribution in [0.1, 0.15) is 34.7 Å². The molecule has 2 aromatic carbocycles. The van der Waals surface area contributed by atoms with Gasteiger partial charge in [-0.1, -0.05) is 42.5 Å². The van der Waals surface area contributed by atoms with Crippen molar-refractivity contribution in [2.75, 3.05) is 0 Å². The zero-order valence-corrected chi connectivity index (χ0v) is 14.2. The van der Waals surface area contributed by atoms with Crippen LogP contribution < -0.4 is 5.32 Å². The lowest BCUT2D eigenvalue weighted by Gasteiger charge is -2.14. The molecular weight excluding hydrogens is 310 g/mol. The van der Waals surface area contributed by atoms with Crippen molar-refractivity contribution in [3.05, 3.63) is 83.8 Å². The Morgan fingerprint density at radius 1 is 1.04 bits per heavy atom. The molecule has 4 rings (SSSR count). The molecular formula is C21H19N3O. The highest BCUT2D eigenvalue weighted by Crippen LogP contribution is 2.20. The van der Waals surface area contributed by atoms with E-state index in [1.165, 1.54) is 10.8 Å². The van der Waals surface area contributed by atoms with Crippen LogP contribution in [0.15, 0.2) is 66.9 Å². The van der Waals surface area contributed by atoms with Crippen LogP contribution in [0.4, 0.5) is 0 Å². The number of benzene rings is 2. The second-order valence-electron chi connectivity index (χ2n) is 6.32. The molecule has 0 radical (unpaired) electrons. The minimum absolute atomic E-state index is 0.0944. The van der Waals surface area contributed by atoms with E-state index in [2.05, 4.69) is 40.6 Å². The highest BCUT2D eigenvalue weighted by Gasteiger charge is 2.15. The van der Waals surface area contributed by atoms with E-state index in [-0.39, 0.29) is 11.9 Å². The first-order valence-electron chi connectivity index (χ1n) is 8.36. The zero-order valence-electron chi connectivity index (χ0n) is 14.2. The maximum atomic E-state index is 12.6. The molecule has 1 atom stereocenters. The second kappa shape index (κ2) is 6.06. The van der Waals surface area contributed by atoms with Gasteiger partial charge in [0.15, 0.2) is 0 Å². The Kier molecular flexibility index (Phi) is 3.73. The van der Waals surface area contributed by atoms with Gasteiger partial charge in [0.05, 0.1) is 6.04 Å². The minimum Gasteiger partial charge on any atom is -0.344 e. The van der Waals surface area contributed by atoms with Crippen LogP contribution in [0.2, 0.25) is 0 Å². The molecule has 1 amide bonds. The Hall–Kier alpha value is -3.14. The van der Waals surface area contributed by atoms with Crippen LogP contribution in [-0.2, 0) is 0 Å². The number of nitrogens with zero attached hydrogens (tertiary/aromatic N) is 2. The van der Waals surface area contributed by atoms with Gasteiger partial charge in [0.1, 0.15) is 11.3 Å². The Balaban J connectivity index is 1.58. The highest BCUT2D eigenvalue weighted by atomic mass is 16.1. The number of hydrogen-bond donors (Lipinski definition) is 1. The summed E-state index contributed by atoms with van der Waals surface area (Å²) in [6.07, 6.45) is 1.78. The van der Waals surface area contributed by atoms with E-state index >= 15 is 0 Å². The molecule has 124 valence electrons. The van der Waals surface area contributed by atoms with Gasteiger partial charge in [0, 0.05) is 11.9 Å². The van der Waals surface area contributed by atoms with E-state index in [1.54, 1.807) is 6.20 Å². The van der Waals surface area contributed by atoms with Gasteiger partial charge < -0.3 is 9.72 Å². The average molecular weight is 329 g/mol. The number of fused-ring (bicyclic) bond motifs is 2. The van der Waals surface area contributed by atoms with E-state index in [0.29, 0.717) is 5.69 Å². The van der Waals surface area contributed by atoms with Gasteiger partial charge in [-0.2, -0.15) is 0 Å². The Morgan fingerprint density at radius 3 is 2.64 bits per heavy atom. The van der Waals surface area contributed by atoms with Crippen molar-refractivity contribution in [2.45, 2.75) is 19.9 Å². The van der Waals surface area contributed by atoms with E-state index in [9.17, 15) is 4.79 Å². The average Bonchev–Trinajstić information content (AvgIpc) is 3.07. The molecule has 0 spiro atoms. The molecule has 0 bridgehead atoms. The predicted molar refractivity (Wildman–Crippen MR) is 99.8 cm³/mol. The number of hydrogen-bond acceptors (Lipinski definition) is 2. The van der Waals surface area contributed by atoms with Crippen molar-refractivity contribution in [3.63, 3.8) is 0 Å². The zero-order chi connectivity index (χ0) is 17.4. The molecule has 1 unspecified atom stereocenters. The van der Waals surface area contributed by atoms with Gasteiger partial charge in [-0.05, 0) is 48.4 Å². The number of carbonyl (C=O) groups is 1. The molecule has 1 N–H and O–H groups in total. The van der Waals surface area contributed by atoms with Crippen LogP contribution in [-0.4, -0.2) is 15.3 Å². The first-order valence-corrected chi connectivity index (χ1v) is 8.36. The molecule has 4 nitrogen and oxygen atoms in total. The van der Waals surface area contributed by atoms with E-state index in [0.717, 1.165) is 16.9 Å². The van der Waals surface area contributed by atoms with Crippen molar-refractivity contribution in [3.8, 4) is 0 Å². The fourth-order valence-electron chi connectivity index (χ4n) is 3.09. The monoisotopic (exact) mass is 329 g/mol. The second-order valence-corrected chi connectivity index (χ2v) is 6.32. The molecule has 0 aliphatic heterocycles. The molecule has 0 fully saturated rings. The summed E-state index contributed by atoms with van der Waals surface area (Å²) in [5.41, 5.74) is 3.34. The first-order chi connectivity index (χ1) is 12.1. The van der Waals surface area contributed by atoms with Crippen molar-refractivity contribution in [1.82, 2.24) is 14.7 Å². The summed E-state index contributed by atoms with van der Waals surface area (Å²) in [5.74, 6) is -0.163.